The molecule has 0 aliphatic heterocycles. The molecule has 0 N–H and O–H groups in total. The Morgan fingerprint density at radius 1 is 0.882 bits per heavy atom. The molecule has 0 amide bonds. The van der Waals surface area contributed by atoms with E-state index in [1.54, 1.807) is 6.08 Å². The fraction of sp³-hybridized carbons (Fsp3) is 0.800. The lowest BCUT2D eigenvalue weighted by Gasteiger charge is -2.36. The number of nitriles is 1. The summed E-state index contributed by atoms with van der Waals surface area (Å²) < 4.78 is 12.1. The summed E-state index contributed by atoms with van der Waals surface area (Å²) in [5.74, 6) is 2.48. The van der Waals surface area contributed by atoms with Crippen molar-refractivity contribution in [1.82, 2.24) is 0 Å². The highest BCUT2D eigenvalue weighted by molar-refractivity contribution is 4.92. The topological polar surface area (TPSA) is 23.8 Å². The zero-order chi connectivity index (χ0) is 12.1. The summed E-state index contributed by atoms with van der Waals surface area (Å²) in [7, 11) is 0. The molecule has 0 saturated heterocycles. The van der Waals surface area contributed by atoms with E-state index in [-0.39, 0.29) is 0 Å². The van der Waals surface area contributed by atoms with E-state index in [9.17, 15) is 4.39 Å². The average molecular weight is 235 g/mol. The van der Waals surface area contributed by atoms with Gasteiger partial charge in [0, 0.05) is 5.92 Å². The first kappa shape index (κ1) is 12.6. The largest absolute Gasteiger partial charge is 0.216 e. The summed E-state index contributed by atoms with van der Waals surface area (Å²) in [5, 5.41) is 8.89. The van der Waals surface area contributed by atoms with Crippen LogP contribution < -0.4 is 0 Å². The van der Waals surface area contributed by atoms with E-state index >= 15 is 0 Å². The Morgan fingerprint density at radius 3 is 1.88 bits per heavy atom. The molecule has 0 bridgehead atoms. The van der Waals surface area contributed by atoms with Gasteiger partial charge in [-0.25, -0.2) is 4.39 Å². The number of allylic oxidation sites excluding steroid dienone is 1. The average Bonchev–Trinajstić information content (AvgIpc) is 2.40. The van der Waals surface area contributed by atoms with Crippen LogP contribution in [-0.4, -0.2) is 0 Å². The van der Waals surface area contributed by atoms with Gasteiger partial charge in [0.25, 0.3) is 0 Å². The molecule has 2 fully saturated rings. The van der Waals surface area contributed by atoms with Crippen molar-refractivity contribution in [3.8, 4) is 6.07 Å². The minimum Gasteiger partial charge on any atom is -0.216 e. The van der Waals surface area contributed by atoms with E-state index in [1.165, 1.54) is 25.7 Å². The summed E-state index contributed by atoms with van der Waals surface area (Å²) in [4.78, 5) is 0. The predicted octanol–water partition coefficient (Wildman–Crippen LogP) is 4.61. The standard InChI is InChI=1S/C15H22FN/c16-10-9-12-1-5-14(6-2-12)15-7-3-13(11-17)4-8-15/h9-10,12-15H,1-8H2/b10-9+. The first-order valence-corrected chi connectivity index (χ1v) is 7.00. The van der Waals surface area contributed by atoms with Crippen LogP contribution in [0.25, 0.3) is 0 Å². The van der Waals surface area contributed by atoms with E-state index in [1.807, 2.05) is 0 Å². The second-order valence-corrected chi connectivity index (χ2v) is 5.73. The minimum atomic E-state index is 0.317. The van der Waals surface area contributed by atoms with E-state index in [2.05, 4.69) is 6.07 Å². The lowest BCUT2D eigenvalue weighted by atomic mass is 9.69. The van der Waals surface area contributed by atoms with Gasteiger partial charge in [0.05, 0.1) is 12.4 Å². The Hall–Kier alpha value is -0.840. The Balaban J connectivity index is 1.76. The third-order valence-electron chi connectivity index (χ3n) is 4.78. The van der Waals surface area contributed by atoms with Crippen molar-refractivity contribution < 1.29 is 4.39 Å². The maximum Gasteiger partial charge on any atom is 0.0829 e. The fourth-order valence-corrected chi connectivity index (χ4v) is 3.63. The van der Waals surface area contributed by atoms with Gasteiger partial charge in [-0.3, -0.25) is 0 Å². The summed E-state index contributed by atoms with van der Waals surface area (Å²) >= 11 is 0. The number of hydrogen-bond donors (Lipinski definition) is 0. The van der Waals surface area contributed by atoms with Crippen LogP contribution in [0.4, 0.5) is 4.39 Å². The van der Waals surface area contributed by atoms with Gasteiger partial charge in [-0.2, -0.15) is 5.26 Å². The van der Waals surface area contributed by atoms with Gasteiger partial charge in [0.15, 0.2) is 0 Å². The third-order valence-corrected chi connectivity index (χ3v) is 4.78. The van der Waals surface area contributed by atoms with Gasteiger partial charge in [0.2, 0.25) is 0 Å². The van der Waals surface area contributed by atoms with Gasteiger partial charge >= 0.3 is 0 Å². The summed E-state index contributed by atoms with van der Waals surface area (Å²) in [6.07, 6.45) is 12.0. The quantitative estimate of drug-likeness (QED) is 0.686. The van der Waals surface area contributed by atoms with Crippen LogP contribution in [-0.2, 0) is 0 Å². The van der Waals surface area contributed by atoms with Crippen LogP contribution in [0.1, 0.15) is 51.4 Å². The third kappa shape index (κ3) is 3.31. The highest BCUT2D eigenvalue weighted by Gasteiger charge is 2.30. The minimum absolute atomic E-state index is 0.317. The Kier molecular flexibility index (Phi) is 4.59. The van der Waals surface area contributed by atoms with Crippen molar-refractivity contribution in [3.63, 3.8) is 0 Å². The highest BCUT2D eigenvalue weighted by Crippen LogP contribution is 2.41. The van der Waals surface area contributed by atoms with Crippen molar-refractivity contribution in [2.24, 2.45) is 23.7 Å². The van der Waals surface area contributed by atoms with Crippen molar-refractivity contribution in [2.75, 3.05) is 0 Å². The van der Waals surface area contributed by atoms with Gasteiger partial charge in [0.1, 0.15) is 0 Å². The zero-order valence-electron chi connectivity index (χ0n) is 10.4. The predicted molar refractivity (Wildman–Crippen MR) is 66.8 cm³/mol. The molecule has 1 nitrogen and oxygen atoms in total. The maximum absolute atomic E-state index is 12.1. The van der Waals surface area contributed by atoms with Crippen molar-refractivity contribution in [3.05, 3.63) is 12.4 Å². The molecule has 2 saturated carbocycles. The van der Waals surface area contributed by atoms with E-state index in [0.717, 1.165) is 37.5 Å². The van der Waals surface area contributed by atoms with Crippen LogP contribution in [0.15, 0.2) is 12.4 Å². The molecule has 0 heterocycles. The van der Waals surface area contributed by atoms with Gasteiger partial charge < -0.3 is 0 Å². The molecule has 2 aliphatic rings. The molecular weight excluding hydrogens is 213 g/mol. The van der Waals surface area contributed by atoms with Crippen LogP contribution in [0, 0.1) is 35.0 Å². The zero-order valence-corrected chi connectivity index (χ0v) is 10.4. The van der Waals surface area contributed by atoms with Crippen LogP contribution in [0.2, 0.25) is 0 Å². The summed E-state index contributed by atoms with van der Waals surface area (Å²) in [6.45, 7) is 0. The number of hydrogen-bond acceptors (Lipinski definition) is 1. The number of rotatable bonds is 2. The number of halogens is 1. The lowest BCUT2D eigenvalue weighted by Crippen LogP contribution is -2.25. The molecular formula is C15H22FN. The van der Waals surface area contributed by atoms with Crippen molar-refractivity contribution >= 4 is 0 Å². The first-order chi connectivity index (χ1) is 8.33. The summed E-state index contributed by atoms with van der Waals surface area (Å²) in [5.41, 5.74) is 0. The lowest BCUT2D eigenvalue weighted by molar-refractivity contribution is 0.167. The van der Waals surface area contributed by atoms with Crippen molar-refractivity contribution in [2.45, 2.75) is 51.4 Å². The molecule has 0 atom stereocenters. The summed E-state index contributed by atoms with van der Waals surface area (Å²) in [6, 6.07) is 2.40. The molecule has 0 aromatic heterocycles. The number of nitrogens with zero attached hydrogens (tertiary/aromatic N) is 1. The molecule has 17 heavy (non-hydrogen) atoms. The fourth-order valence-electron chi connectivity index (χ4n) is 3.63. The first-order valence-electron chi connectivity index (χ1n) is 7.00. The Bertz CT molecular complexity index is 289. The van der Waals surface area contributed by atoms with Crippen LogP contribution in [0.5, 0.6) is 0 Å². The van der Waals surface area contributed by atoms with Gasteiger partial charge in [-0.15, -0.1) is 0 Å². The van der Waals surface area contributed by atoms with Crippen LogP contribution >= 0.6 is 0 Å². The second-order valence-electron chi connectivity index (χ2n) is 5.73. The normalized spacial score (nSPS) is 39.1. The second kappa shape index (κ2) is 6.19. The molecule has 2 rings (SSSR count). The molecule has 2 heteroatoms. The van der Waals surface area contributed by atoms with E-state index < -0.39 is 0 Å². The molecule has 0 aromatic carbocycles. The van der Waals surface area contributed by atoms with Crippen molar-refractivity contribution in [1.29, 1.82) is 5.26 Å². The molecule has 0 radical (unpaired) electrons. The monoisotopic (exact) mass is 235 g/mol. The van der Waals surface area contributed by atoms with Gasteiger partial charge in [-0.1, -0.05) is 6.08 Å². The molecule has 0 aromatic rings. The van der Waals surface area contributed by atoms with E-state index in [0.29, 0.717) is 18.2 Å². The highest BCUT2D eigenvalue weighted by atomic mass is 19.1. The molecule has 2 aliphatic carbocycles. The molecule has 0 unspecified atom stereocenters. The SMILES string of the molecule is N#CC1CCC(C2CCC(/C=C/F)CC2)CC1. The molecule has 94 valence electrons. The van der Waals surface area contributed by atoms with Gasteiger partial charge in [-0.05, 0) is 69.1 Å². The Morgan fingerprint density at radius 2 is 1.41 bits per heavy atom. The molecule has 0 spiro atoms. The smallest absolute Gasteiger partial charge is 0.0829 e. The maximum atomic E-state index is 12.1. The van der Waals surface area contributed by atoms with Crippen LogP contribution in [0.3, 0.4) is 0 Å². The van der Waals surface area contributed by atoms with E-state index in [4.69, 9.17) is 5.26 Å². The Labute approximate surface area is 104 Å².